The number of alkyl halides is 3. The number of rotatable bonds is 0. The Morgan fingerprint density at radius 3 is 1.65 bits per heavy atom. The molecule has 0 aromatic carbocycles. The Hall–Kier alpha value is -7.53. The van der Waals surface area contributed by atoms with Crippen molar-refractivity contribution in [2.75, 3.05) is 0 Å². The van der Waals surface area contributed by atoms with E-state index in [0.717, 1.165) is 12.0 Å². The first kappa shape index (κ1) is 42.5. The highest BCUT2D eigenvalue weighted by Crippen LogP contribution is 2.24. The molecule has 24 heteroatoms. The van der Waals surface area contributed by atoms with Gasteiger partial charge in [0.2, 0.25) is 5.82 Å². The molecule has 0 spiro atoms. The monoisotopic (exact) mass is 725 g/mol. The number of nitrogens with one attached hydrogen (secondary N) is 9. The van der Waals surface area contributed by atoms with Crippen molar-refractivity contribution in [2.45, 2.75) is 20.0 Å². The lowest BCUT2D eigenvalue weighted by atomic mass is 10.1. The molecule has 8 aromatic heterocycles. The summed E-state index contributed by atoms with van der Waals surface area (Å²) in [7, 11) is 0. The summed E-state index contributed by atoms with van der Waals surface area (Å²) < 4.78 is 34.5. The summed E-state index contributed by atoms with van der Waals surface area (Å²) in [4.78, 5) is 22.4. The second-order valence-electron chi connectivity index (χ2n) is 8.59. The van der Waals surface area contributed by atoms with Crippen LogP contribution in [-0.2, 0) is 6.18 Å². The van der Waals surface area contributed by atoms with Crippen LogP contribution in [0, 0.1) is 12.8 Å². The van der Waals surface area contributed by atoms with Crippen LogP contribution in [0.4, 0.5) is 13.2 Å². The van der Waals surface area contributed by atoms with E-state index in [1.54, 1.807) is 61.1 Å². The lowest BCUT2D eigenvalue weighted by Crippen LogP contribution is -2.06. The molecule has 0 amide bonds. The molecule has 9 N–H and O–H groups in total. The van der Waals surface area contributed by atoms with Crippen LogP contribution in [0.15, 0.2) is 136 Å². The zero-order valence-corrected chi connectivity index (χ0v) is 27.8. The first-order valence-electron chi connectivity index (χ1n) is 14.6. The minimum absolute atomic E-state index is 0.612. The molecule has 1 aliphatic rings. The van der Waals surface area contributed by atoms with Gasteiger partial charge in [-0.2, -0.15) is 49.1 Å². The number of H-pyrrole nitrogens is 8. The molecule has 0 unspecified atom stereocenters. The molecule has 0 aliphatic carbocycles. The van der Waals surface area contributed by atoms with Crippen LogP contribution >= 0.6 is 0 Å². The van der Waals surface area contributed by atoms with E-state index in [2.05, 4.69) is 121 Å². The van der Waals surface area contributed by atoms with Crippen LogP contribution in [0.3, 0.4) is 0 Å². The molecule has 0 atom stereocenters. The van der Waals surface area contributed by atoms with E-state index in [4.69, 9.17) is 0 Å². The fourth-order valence-electron chi connectivity index (χ4n) is 2.37. The molecule has 9 heterocycles. The summed E-state index contributed by atoms with van der Waals surface area (Å²) in [5.74, 6) is -0.455. The lowest BCUT2D eigenvalue weighted by molar-refractivity contribution is -0.144. The van der Waals surface area contributed by atoms with E-state index in [9.17, 15) is 13.2 Å². The van der Waals surface area contributed by atoms with E-state index in [1.807, 2.05) is 49.9 Å². The summed E-state index contributed by atoms with van der Waals surface area (Å²) >= 11 is 0. The first-order valence-corrected chi connectivity index (χ1v) is 14.6. The largest absolute Gasteiger partial charge is 0.451 e. The third-order valence-corrected chi connectivity index (χ3v) is 4.55. The summed E-state index contributed by atoms with van der Waals surface area (Å²) in [6.45, 7) is 4.11. The van der Waals surface area contributed by atoms with E-state index >= 15 is 0 Å². The maximum absolute atomic E-state index is 11.5. The molecular formula is C28H38F3N21. The quantitative estimate of drug-likeness (QED) is 0.108. The fraction of sp³-hybridized carbons (Fsp3) is 0.143. The number of aryl methyl sites for hydroxylation is 1. The van der Waals surface area contributed by atoms with E-state index < -0.39 is 12.0 Å². The normalized spacial score (nSPS) is 10.3. The van der Waals surface area contributed by atoms with Gasteiger partial charge < -0.3 is 20.3 Å². The Kier molecular flexibility index (Phi) is 25.2. The average molecular weight is 726 g/mol. The summed E-state index contributed by atoms with van der Waals surface area (Å²) in [5, 5.41) is 41.4. The number of imidazole rings is 2. The van der Waals surface area contributed by atoms with Crippen LogP contribution < -0.4 is 5.32 Å². The number of nitrogens with zero attached hydrogens (tertiary/aromatic N) is 12. The number of hydrogen-bond donors (Lipinski definition) is 9. The van der Waals surface area contributed by atoms with Crippen LogP contribution in [-0.4, -0.2) is 102 Å². The Balaban J connectivity index is 0.000000295. The van der Waals surface area contributed by atoms with E-state index in [1.165, 1.54) is 19.0 Å². The van der Waals surface area contributed by atoms with Crippen LogP contribution in [0.1, 0.15) is 18.4 Å². The maximum atomic E-state index is 11.5. The third-order valence-electron chi connectivity index (χ3n) is 4.55. The van der Waals surface area contributed by atoms with Crippen LogP contribution in [0.25, 0.3) is 0 Å². The highest BCUT2D eigenvalue weighted by molar-refractivity contribution is 5.04. The van der Waals surface area contributed by atoms with Gasteiger partial charge in [0.15, 0.2) is 6.33 Å². The minimum atomic E-state index is -4.41. The number of tetrazole rings is 1. The highest BCUT2D eigenvalue weighted by atomic mass is 19.4. The molecule has 8 aromatic rings. The van der Waals surface area contributed by atoms with Crippen molar-refractivity contribution in [2.24, 2.45) is 5.92 Å². The van der Waals surface area contributed by atoms with Crippen LogP contribution in [0.5, 0.6) is 0 Å². The van der Waals surface area contributed by atoms with Crippen molar-refractivity contribution in [3.63, 3.8) is 0 Å². The molecule has 21 nitrogen and oxygen atoms in total. The second kappa shape index (κ2) is 30.8. The minimum Gasteiger partial charge on any atom is -0.368 e. The van der Waals surface area contributed by atoms with Crippen molar-refractivity contribution < 1.29 is 13.2 Å². The summed E-state index contributed by atoms with van der Waals surface area (Å²) in [6.07, 6.45) is 27.7. The third kappa shape index (κ3) is 28.7. The number of aromatic nitrogens is 20. The Morgan fingerprint density at radius 2 is 1.44 bits per heavy atom. The second-order valence-corrected chi connectivity index (χ2v) is 8.59. The van der Waals surface area contributed by atoms with Gasteiger partial charge in [-0.3, -0.25) is 15.3 Å². The molecule has 9 rings (SSSR count). The van der Waals surface area contributed by atoms with Crippen molar-refractivity contribution in [1.29, 1.82) is 0 Å². The SMILES string of the molecule is CC1C=CNC=C1.Cc1cnc[nH]1.FC(F)(F)c1ncn[nH]1.c1c[nH]cn1.c1cc[nH]c1.c1cn[nH]c1.c1cn[nH]n1.c1nc[nH]n1.c1nn[nH]n1. The van der Waals surface area contributed by atoms with Crippen LogP contribution in [0.2, 0.25) is 0 Å². The van der Waals surface area contributed by atoms with Gasteiger partial charge in [-0.25, -0.2) is 19.9 Å². The molecule has 0 bridgehead atoms. The standard InChI is InChI=1S/C6H9N.C4H6N2.C4H5N.C3H2F3N3.2C3H4N2.2C2H3N3.CH2N4/c1-6-2-4-7-5-3-6;1-4-2-5-3-6-4;1-2-4-5-3-1;4-3(5,6)2-7-1-8-9-2;1-2-5-3-4-1;1-2-4-5-3-1;1-3-2-5-4-1;2*1-2-4-5-3-1/h2-7H,1H3;2-3H,1H3,(H,5,6);1-5H;1H,(H,7,8,9);2*1-3H,(H,4,5);2*1-2H,(H,3,4,5);1H,(H,2,3,4,5). The van der Waals surface area contributed by atoms with Crippen molar-refractivity contribution in [1.82, 2.24) is 107 Å². The molecule has 0 saturated carbocycles. The first-order chi connectivity index (χ1) is 25.4. The molecule has 0 fully saturated rings. The smallest absolute Gasteiger partial charge is 0.368 e. The predicted octanol–water partition coefficient (Wildman–Crippen LogP) is 3.44. The Morgan fingerprint density at radius 1 is 0.654 bits per heavy atom. The van der Waals surface area contributed by atoms with E-state index in [-0.39, 0.29) is 0 Å². The Bertz CT molecular complexity index is 1380. The van der Waals surface area contributed by atoms with Gasteiger partial charge in [0.1, 0.15) is 19.0 Å². The number of aromatic amines is 8. The molecule has 1 aliphatic heterocycles. The van der Waals surface area contributed by atoms with Gasteiger partial charge in [0.25, 0.3) is 0 Å². The van der Waals surface area contributed by atoms with Gasteiger partial charge in [0, 0.05) is 49.1 Å². The molecule has 0 radical (unpaired) electrons. The molecule has 52 heavy (non-hydrogen) atoms. The number of allylic oxidation sites excluding steroid dienone is 2. The van der Waals surface area contributed by atoms with Crippen molar-refractivity contribution >= 4 is 0 Å². The lowest BCUT2D eigenvalue weighted by Gasteiger charge is -2.02. The van der Waals surface area contributed by atoms with Gasteiger partial charge >= 0.3 is 6.18 Å². The average Bonchev–Trinajstić information content (AvgIpc) is 4.04. The number of halogens is 3. The zero-order chi connectivity index (χ0) is 37.6. The number of dihydropyridines is 1. The zero-order valence-electron chi connectivity index (χ0n) is 27.8. The summed E-state index contributed by atoms with van der Waals surface area (Å²) in [6, 6.07) is 5.72. The van der Waals surface area contributed by atoms with E-state index in [0.29, 0.717) is 5.92 Å². The van der Waals surface area contributed by atoms with Gasteiger partial charge in [-0.05, 0) is 43.4 Å². The van der Waals surface area contributed by atoms with Crippen molar-refractivity contribution in [3.05, 3.63) is 148 Å². The topological polar surface area (TPSA) is 293 Å². The summed E-state index contributed by atoms with van der Waals surface area (Å²) in [5.41, 5.74) is 1.11. The molecule has 0 saturated heterocycles. The maximum Gasteiger partial charge on any atom is 0.451 e. The molecular weight excluding hydrogens is 687 g/mol. The molecule has 276 valence electrons. The van der Waals surface area contributed by atoms with Crippen molar-refractivity contribution in [3.8, 4) is 0 Å². The predicted molar refractivity (Wildman–Crippen MR) is 180 cm³/mol. The van der Waals surface area contributed by atoms with Gasteiger partial charge in [0.05, 0.1) is 25.0 Å². The fourth-order valence-corrected chi connectivity index (χ4v) is 2.37. The Labute approximate surface area is 294 Å². The van der Waals surface area contributed by atoms with Gasteiger partial charge in [-0.1, -0.05) is 24.3 Å². The van der Waals surface area contributed by atoms with Gasteiger partial charge in [-0.15, -0.1) is 10.2 Å². The number of hydrogen-bond acceptors (Lipinski definition) is 13. The highest BCUT2D eigenvalue weighted by Gasteiger charge is 2.34.